The van der Waals surface area contributed by atoms with Gasteiger partial charge >= 0.3 is 0 Å². The Labute approximate surface area is 145 Å². The minimum Gasteiger partial charge on any atom is -0.497 e. The van der Waals surface area contributed by atoms with Crippen LogP contribution in [0.3, 0.4) is 0 Å². The second kappa shape index (κ2) is 6.47. The summed E-state index contributed by atoms with van der Waals surface area (Å²) in [5.74, 6) is 1.60. The van der Waals surface area contributed by atoms with Crippen molar-refractivity contribution in [1.29, 1.82) is 0 Å². The lowest BCUT2D eigenvalue weighted by Gasteiger charge is -2.22. The fourth-order valence-corrected chi connectivity index (χ4v) is 3.31. The van der Waals surface area contributed by atoms with E-state index < -0.39 is 0 Å². The van der Waals surface area contributed by atoms with Gasteiger partial charge in [-0.3, -0.25) is 9.89 Å². The first kappa shape index (κ1) is 15.5. The third kappa shape index (κ3) is 2.91. The molecule has 0 unspecified atom stereocenters. The number of fused-ring (bicyclic) bond motifs is 1. The van der Waals surface area contributed by atoms with E-state index in [0.717, 1.165) is 41.9 Å². The van der Waals surface area contributed by atoms with Crippen LogP contribution < -0.4 is 10.1 Å². The molecule has 2 aromatic heterocycles. The summed E-state index contributed by atoms with van der Waals surface area (Å²) in [5, 5.41) is 10.1. The second-order valence-electron chi connectivity index (χ2n) is 6.10. The van der Waals surface area contributed by atoms with Gasteiger partial charge in [0, 0.05) is 17.5 Å². The van der Waals surface area contributed by atoms with Crippen molar-refractivity contribution in [3.8, 4) is 17.0 Å². The molecule has 0 saturated heterocycles. The third-order valence-electron chi connectivity index (χ3n) is 4.62. The van der Waals surface area contributed by atoms with E-state index in [-0.39, 0.29) is 11.9 Å². The number of aromatic nitrogens is 2. The van der Waals surface area contributed by atoms with Gasteiger partial charge in [0.05, 0.1) is 36.9 Å². The number of aryl methyl sites for hydroxylation is 1. The van der Waals surface area contributed by atoms with Gasteiger partial charge in [-0.15, -0.1) is 0 Å². The first-order valence-electron chi connectivity index (χ1n) is 8.31. The molecule has 128 valence electrons. The van der Waals surface area contributed by atoms with Crippen LogP contribution in [0.25, 0.3) is 11.3 Å². The maximum atomic E-state index is 12.8. The topological polar surface area (TPSA) is 80.1 Å². The van der Waals surface area contributed by atoms with E-state index in [0.29, 0.717) is 11.3 Å². The number of amides is 1. The lowest BCUT2D eigenvalue weighted by molar-refractivity contribution is 0.0933. The summed E-state index contributed by atoms with van der Waals surface area (Å²) < 4.78 is 10.7. The Bertz CT molecular complexity index is 879. The van der Waals surface area contributed by atoms with Crippen molar-refractivity contribution >= 4 is 5.91 Å². The highest BCUT2D eigenvalue weighted by Crippen LogP contribution is 2.31. The number of nitrogens with one attached hydrogen (secondary N) is 2. The van der Waals surface area contributed by atoms with Crippen molar-refractivity contribution in [2.24, 2.45) is 0 Å². The van der Waals surface area contributed by atoms with Gasteiger partial charge in [-0.25, -0.2) is 0 Å². The van der Waals surface area contributed by atoms with Gasteiger partial charge in [0.1, 0.15) is 11.5 Å². The van der Waals surface area contributed by atoms with E-state index in [2.05, 4.69) is 15.5 Å². The third-order valence-corrected chi connectivity index (χ3v) is 4.62. The number of H-pyrrole nitrogens is 1. The monoisotopic (exact) mass is 337 g/mol. The average Bonchev–Trinajstić information content (AvgIpc) is 3.31. The smallest absolute Gasteiger partial charge is 0.255 e. The van der Waals surface area contributed by atoms with E-state index in [1.165, 1.54) is 0 Å². The van der Waals surface area contributed by atoms with Crippen LogP contribution in [0.5, 0.6) is 5.75 Å². The molecule has 6 heteroatoms. The number of carbonyl (C=O) groups excluding carboxylic acids is 1. The number of ether oxygens (including phenoxy) is 1. The number of hydrogen-bond acceptors (Lipinski definition) is 4. The molecule has 6 nitrogen and oxygen atoms in total. The van der Waals surface area contributed by atoms with Crippen molar-refractivity contribution in [2.45, 2.75) is 25.3 Å². The molecule has 3 aromatic rings. The Hall–Kier alpha value is -3.02. The number of methoxy groups -OCH3 is 1. The zero-order chi connectivity index (χ0) is 17.2. The predicted octanol–water partition coefficient (Wildman–Crippen LogP) is 3.49. The summed E-state index contributed by atoms with van der Waals surface area (Å²) in [7, 11) is 1.62. The molecule has 0 fully saturated rings. The van der Waals surface area contributed by atoms with Gasteiger partial charge in [0.25, 0.3) is 5.91 Å². The Morgan fingerprint density at radius 1 is 1.32 bits per heavy atom. The van der Waals surface area contributed by atoms with E-state index in [4.69, 9.17) is 9.15 Å². The molecule has 0 aliphatic heterocycles. The maximum Gasteiger partial charge on any atom is 0.255 e. The normalized spacial score (nSPS) is 16.3. The Morgan fingerprint density at radius 3 is 2.96 bits per heavy atom. The van der Waals surface area contributed by atoms with Crippen molar-refractivity contribution in [1.82, 2.24) is 15.5 Å². The van der Waals surface area contributed by atoms with Gasteiger partial charge in [0.2, 0.25) is 0 Å². The SMILES string of the molecule is COc1ccc(-c2[nH]ncc2C(=O)N[C@@H]2CCCc3occc32)cc1. The van der Waals surface area contributed by atoms with Crippen LogP contribution in [0, 0.1) is 0 Å². The summed E-state index contributed by atoms with van der Waals surface area (Å²) in [4.78, 5) is 12.8. The largest absolute Gasteiger partial charge is 0.497 e. The number of carbonyl (C=O) groups is 1. The zero-order valence-corrected chi connectivity index (χ0v) is 13.9. The minimum absolute atomic E-state index is 0.0198. The minimum atomic E-state index is -0.140. The molecule has 1 atom stereocenters. The molecule has 1 aliphatic carbocycles. The number of furan rings is 1. The summed E-state index contributed by atoms with van der Waals surface area (Å²) in [6, 6.07) is 9.44. The highest BCUT2D eigenvalue weighted by atomic mass is 16.5. The first-order chi connectivity index (χ1) is 12.3. The Kier molecular flexibility index (Phi) is 4.01. The highest BCUT2D eigenvalue weighted by molar-refractivity contribution is 6.00. The molecule has 0 saturated carbocycles. The summed E-state index contributed by atoms with van der Waals surface area (Å²) in [6.45, 7) is 0. The molecule has 0 bridgehead atoms. The van der Waals surface area contributed by atoms with Gasteiger partial charge in [-0.2, -0.15) is 5.10 Å². The summed E-state index contributed by atoms with van der Waals surface area (Å²) >= 11 is 0. The number of aromatic amines is 1. The molecule has 0 spiro atoms. The number of hydrogen-bond donors (Lipinski definition) is 2. The molecule has 2 N–H and O–H groups in total. The molecule has 4 rings (SSSR count). The van der Waals surface area contributed by atoms with Crippen LogP contribution in [0.1, 0.15) is 40.6 Å². The molecule has 1 aliphatic rings. The van der Waals surface area contributed by atoms with Crippen LogP contribution in [-0.2, 0) is 6.42 Å². The van der Waals surface area contributed by atoms with Crippen molar-refractivity contribution in [2.75, 3.05) is 7.11 Å². The number of benzene rings is 1. The van der Waals surface area contributed by atoms with Gasteiger partial charge in [-0.05, 0) is 43.2 Å². The molecule has 0 radical (unpaired) electrons. The Morgan fingerprint density at radius 2 is 2.16 bits per heavy atom. The number of nitrogens with zero attached hydrogens (tertiary/aromatic N) is 1. The van der Waals surface area contributed by atoms with Gasteiger partial charge < -0.3 is 14.5 Å². The van der Waals surface area contributed by atoms with E-state index in [1.807, 2.05) is 30.3 Å². The maximum absolute atomic E-state index is 12.8. The Balaban J connectivity index is 1.57. The molecule has 25 heavy (non-hydrogen) atoms. The van der Waals surface area contributed by atoms with Crippen LogP contribution in [0.15, 0.2) is 47.2 Å². The van der Waals surface area contributed by atoms with E-state index in [1.54, 1.807) is 19.6 Å². The first-order valence-corrected chi connectivity index (χ1v) is 8.31. The fourth-order valence-electron chi connectivity index (χ4n) is 3.31. The lowest BCUT2D eigenvalue weighted by Crippen LogP contribution is -2.30. The molecule has 1 amide bonds. The number of rotatable bonds is 4. The predicted molar refractivity (Wildman–Crippen MR) is 92.4 cm³/mol. The molecular weight excluding hydrogens is 318 g/mol. The van der Waals surface area contributed by atoms with Gasteiger partial charge in [-0.1, -0.05) is 0 Å². The molecule has 1 aromatic carbocycles. The lowest BCUT2D eigenvalue weighted by atomic mass is 9.93. The van der Waals surface area contributed by atoms with Crippen molar-refractivity contribution in [3.63, 3.8) is 0 Å². The van der Waals surface area contributed by atoms with E-state index in [9.17, 15) is 4.79 Å². The van der Waals surface area contributed by atoms with Crippen LogP contribution in [-0.4, -0.2) is 23.2 Å². The fraction of sp³-hybridized carbons (Fsp3) is 0.263. The summed E-state index contributed by atoms with van der Waals surface area (Å²) in [5.41, 5.74) is 3.19. The second-order valence-corrected chi connectivity index (χ2v) is 6.10. The average molecular weight is 337 g/mol. The quantitative estimate of drug-likeness (QED) is 0.764. The zero-order valence-electron chi connectivity index (χ0n) is 13.9. The molecule has 2 heterocycles. The highest BCUT2D eigenvalue weighted by Gasteiger charge is 2.25. The van der Waals surface area contributed by atoms with Crippen LogP contribution in [0.4, 0.5) is 0 Å². The van der Waals surface area contributed by atoms with Gasteiger partial charge in [0.15, 0.2) is 0 Å². The van der Waals surface area contributed by atoms with Crippen LogP contribution in [0.2, 0.25) is 0 Å². The summed E-state index contributed by atoms with van der Waals surface area (Å²) in [6.07, 6.45) is 6.09. The van der Waals surface area contributed by atoms with Crippen LogP contribution >= 0.6 is 0 Å². The van der Waals surface area contributed by atoms with Crippen molar-refractivity contribution < 1.29 is 13.9 Å². The molecular formula is C19H19N3O3. The standard InChI is InChI=1S/C19H19N3O3/c1-24-13-7-5-12(6-8-13)18-15(11-20-22-18)19(23)21-16-3-2-4-17-14(16)9-10-25-17/h5-11,16H,2-4H2,1H3,(H,20,22)(H,21,23)/t16-/m1/s1. The van der Waals surface area contributed by atoms with E-state index >= 15 is 0 Å². The van der Waals surface area contributed by atoms with Crippen molar-refractivity contribution in [3.05, 3.63) is 59.7 Å².